The molecule has 0 radical (unpaired) electrons. The molecule has 0 aromatic heterocycles. The minimum absolute atomic E-state index is 0.0971. The van der Waals surface area contributed by atoms with E-state index in [2.05, 4.69) is 34.3 Å². The van der Waals surface area contributed by atoms with E-state index in [-0.39, 0.29) is 10.8 Å². The molecule has 150 valence electrons. The molecule has 0 aliphatic heterocycles. The number of carbonyl (C=O) groups is 1. The number of sulfonamides is 1. The van der Waals surface area contributed by atoms with E-state index in [9.17, 15) is 13.2 Å². The van der Waals surface area contributed by atoms with Crippen molar-refractivity contribution in [2.24, 2.45) is 0 Å². The van der Waals surface area contributed by atoms with Gasteiger partial charge in [-0.2, -0.15) is 0 Å². The fourth-order valence-corrected chi connectivity index (χ4v) is 3.98. The van der Waals surface area contributed by atoms with Crippen LogP contribution in [0.4, 0.5) is 11.4 Å². The first-order valence-corrected chi connectivity index (χ1v) is 10.9. The zero-order valence-electron chi connectivity index (χ0n) is 16.3. The zero-order chi connectivity index (χ0) is 20.7. The minimum Gasteiger partial charge on any atom is -0.326 e. The lowest BCUT2D eigenvalue weighted by molar-refractivity contribution is -0.116. The van der Waals surface area contributed by atoms with E-state index in [0.717, 1.165) is 12.8 Å². The molecule has 0 saturated carbocycles. The molecule has 3 rings (SSSR count). The van der Waals surface area contributed by atoms with Crippen LogP contribution in [0.25, 0.3) is 0 Å². The largest absolute Gasteiger partial charge is 0.326 e. The van der Waals surface area contributed by atoms with Crippen molar-refractivity contribution < 1.29 is 13.2 Å². The minimum atomic E-state index is -3.67. The van der Waals surface area contributed by atoms with Gasteiger partial charge >= 0.3 is 0 Å². The number of aryl methyl sites for hydroxylation is 2. The normalized spacial score (nSPS) is 11.1. The molecule has 0 aliphatic carbocycles. The van der Waals surface area contributed by atoms with Gasteiger partial charge in [-0.15, -0.1) is 0 Å². The third kappa shape index (κ3) is 6.19. The highest BCUT2D eigenvalue weighted by Crippen LogP contribution is 2.20. The number of benzene rings is 3. The molecule has 0 aliphatic rings. The van der Waals surface area contributed by atoms with Gasteiger partial charge < -0.3 is 5.32 Å². The molecular formula is C23H24N2O3S. The van der Waals surface area contributed by atoms with Gasteiger partial charge in [0, 0.05) is 12.1 Å². The molecule has 2 N–H and O–H groups in total. The Morgan fingerprint density at radius 1 is 0.862 bits per heavy atom. The predicted octanol–water partition coefficient (Wildman–Crippen LogP) is 4.76. The number of carbonyl (C=O) groups excluding carboxylic acids is 1. The number of anilines is 2. The fourth-order valence-electron chi connectivity index (χ4n) is 2.91. The first-order chi connectivity index (χ1) is 13.9. The third-order valence-electron chi connectivity index (χ3n) is 4.44. The van der Waals surface area contributed by atoms with Gasteiger partial charge in [0.15, 0.2) is 0 Å². The maximum absolute atomic E-state index is 12.4. The molecule has 3 aromatic rings. The van der Waals surface area contributed by atoms with E-state index < -0.39 is 10.0 Å². The lowest BCUT2D eigenvalue weighted by Crippen LogP contribution is -2.14. The monoisotopic (exact) mass is 408 g/mol. The van der Waals surface area contributed by atoms with E-state index in [0.29, 0.717) is 17.8 Å². The quantitative estimate of drug-likeness (QED) is 0.564. The summed E-state index contributed by atoms with van der Waals surface area (Å²) >= 11 is 0. The second kappa shape index (κ2) is 9.39. The average molecular weight is 409 g/mol. The van der Waals surface area contributed by atoms with Crippen molar-refractivity contribution in [3.8, 4) is 0 Å². The van der Waals surface area contributed by atoms with Gasteiger partial charge in [0.25, 0.3) is 10.0 Å². The van der Waals surface area contributed by atoms with Crippen LogP contribution in [-0.4, -0.2) is 14.3 Å². The Bertz CT molecular complexity index is 1060. The standard InChI is InChI=1S/C23H24N2O3S/c1-18-13-15-19(16-14-18)7-5-12-23(26)24-20-8-6-9-21(17-20)25-29(27,28)22-10-3-2-4-11-22/h2-4,6,8-11,13-17,25H,5,7,12H2,1H3,(H,24,26). The van der Waals surface area contributed by atoms with Crippen molar-refractivity contribution in [2.45, 2.75) is 31.1 Å². The van der Waals surface area contributed by atoms with E-state index in [4.69, 9.17) is 0 Å². The van der Waals surface area contributed by atoms with Crippen LogP contribution < -0.4 is 10.0 Å². The highest BCUT2D eigenvalue weighted by atomic mass is 32.2. The number of hydrogen-bond acceptors (Lipinski definition) is 3. The molecule has 0 atom stereocenters. The topological polar surface area (TPSA) is 75.3 Å². The summed E-state index contributed by atoms with van der Waals surface area (Å²) in [6.45, 7) is 2.05. The Balaban J connectivity index is 1.55. The highest BCUT2D eigenvalue weighted by molar-refractivity contribution is 7.92. The van der Waals surface area contributed by atoms with Crippen LogP contribution in [0.1, 0.15) is 24.0 Å². The molecule has 5 nitrogen and oxygen atoms in total. The molecule has 1 amide bonds. The van der Waals surface area contributed by atoms with Crippen molar-refractivity contribution >= 4 is 27.3 Å². The van der Waals surface area contributed by atoms with Crippen molar-refractivity contribution in [2.75, 3.05) is 10.0 Å². The second-order valence-corrected chi connectivity index (χ2v) is 8.57. The van der Waals surface area contributed by atoms with E-state index in [1.165, 1.54) is 23.3 Å². The Morgan fingerprint density at radius 2 is 1.55 bits per heavy atom. The first kappa shape index (κ1) is 20.6. The molecular weight excluding hydrogens is 384 g/mol. The van der Waals surface area contributed by atoms with Crippen molar-refractivity contribution in [3.63, 3.8) is 0 Å². The number of hydrogen-bond donors (Lipinski definition) is 2. The Morgan fingerprint density at radius 3 is 2.28 bits per heavy atom. The molecule has 6 heteroatoms. The van der Waals surface area contributed by atoms with Crippen LogP contribution >= 0.6 is 0 Å². The van der Waals surface area contributed by atoms with Crippen LogP contribution in [0, 0.1) is 6.92 Å². The van der Waals surface area contributed by atoms with Crippen LogP contribution in [0.5, 0.6) is 0 Å². The van der Waals surface area contributed by atoms with Gasteiger partial charge in [0.05, 0.1) is 10.6 Å². The van der Waals surface area contributed by atoms with Crippen LogP contribution in [0.3, 0.4) is 0 Å². The maximum atomic E-state index is 12.4. The predicted molar refractivity (Wildman–Crippen MR) is 116 cm³/mol. The summed E-state index contributed by atoms with van der Waals surface area (Å²) in [7, 11) is -3.67. The summed E-state index contributed by atoms with van der Waals surface area (Å²) in [6, 6.07) is 23.1. The van der Waals surface area contributed by atoms with Gasteiger partial charge in [-0.25, -0.2) is 8.42 Å². The van der Waals surface area contributed by atoms with Gasteiger partial charge in [-0.1, -0.05) is 54.1 Å². The summed E-state index contributed by atoms with van der Waals surface area (Å²) < 4.78 is 27.4. The maximum Gasteiger partial charge on any atom is 0.261 e. The summed E-state index contributed by atoms with van der Waals surface area (Å²) in [4.78, 5) is 12.4. The Hall–Kier alpha value is -3.12. The van der Waals surface area contributed by atoms with Crippen molar-refractivity contribution in [1.82, 2.24) is 0 Å². The lowest BCUT2D eigenvalue weighted by atomic mass is 10.1. The van der Waals surface area contributed by atoms with Gasteiger partial charge in [-0.05, 0) is 55.7 Å². The summed E-state index contributed by atoms with van der Waals surface area (Å²) in [5.74, 6) is -0.0971. The van der Waals surface area contributed by atoms with E-state index >= 15 is 0 Å². The van der Waals surface area contributed by atoms with Gasteiger partial charge in [0.2, 0.25) is 5.91 Å². The van der Waals surface area contributed by atoms with Crippen LogP contribution in [-0.2, 0) is 21.2 Å². The second-order valence-electron chi connectivity index (χ2n) is 6.89. The molecule has 29 heavy (non-hydrogen) atoms. The summed E-state index contributed by atoms with van der Waals surface area (Å²) in [6.07, 6.45) is 1.98. The third-order valence-corrected chi connectivity index (χ3v) is 5.84. The summed E-state index contributed by atoms with van der Waals surface area (Å²) in [5, 5.41) is 2.83. The van der Waals surface area contributed by atoms with Crippen LogP contribution in [0.2, 0.25) is 0 Å². The van der Waals surface area contributed by atoms with Crippen LogP contribution in [0.15, 0.2) is 83.8 Å². The molecule has 0 spiro atoms. The van der Waals surface area contributed by atoms with Crippen molar-refractivity contribution in [3.05, 3.63) is 90.0 Å². The molecule has 0 unspecified atom stereocenters. The number of rotatable bonds is 8. The highest BCUT2D eigenvalue weighted by Gasteiger charge is 2.13. The Kier molecular flexibility index (Phi) is 6.67. The lowest BCUT2D eigenvalue weighted by Gasteiger charge is -2.10. The molecule has 0 bridgehead atoms. The first-order valence-electron chi connectivity index (χ1n) is 9.46. The summed E-state index contributed by atoms with van der Waals surface area (Å²) in [5.41, 5.74) is 3.37. The van der Waals surface area contributed by atoms with Crippen molar-refractivity contribution in [1.29, 1.82) is 0 Å². The van der Waals surface area contributed by atoms with Gasteiger partial charge in [-0.3, -0.25) is 9.52 Å². The average Bonchev–Trinajstić information content (AvgIpc) is 2.70. The SMILES string of the molecule is Cc1ccc(CCCC(=O)Nc2cccc(NS(=O)(=O)c3ccccc3)c2)cc1. The number of nitrogens with one attached hydrogen (secondary N) is 2. The number of amides is 1. The molecule has 0 fully saturated rings. The molecule has 3 aromatic carbocycles. The van der Waals surface area contributed by atoms with Gasteiger partial charge in [0.1, 0.15) is 0 Å². The molecule has 0 heterocycles. The smallest absolute Gasteiger partial charge is 0.261 e. The van der Waals surface area contributed by atoms with E-state index in [1.807, 2.05) is 6.92 Å². The Labute approximate surface area is 171 Å². The fraction of sp³-hybridized carbons (Fsp3) is 0.174. The zero-order valence-corrected chi connectivity index (χ0v) is 17.1. The molecule has 0 saturated heterocycles. The van der Waals surface area contributed by atoms with E-state index in [1.54, 1.807) is 42.5 Å².